The third kappa shape index (κ3) is 4.71. The van der Waals surface area contributed by atoms with Gasteiger partial charge in [0.2, 0.25) is 0 Å². The zero-order valence-corrected chi connectivity index (χ0v) is 35.0. The van der Waals surface area contributed by atoms with Gasteiger partial charge in [-0.1, -0.05) is 101 Å². The first kappa shape index (κ1) is 38.6. The molecule has 4 saturated carbocycles. The Balaban J connectivity index is 1.04. The minimum atomic E-state index is -1.29. The number of aliphatic hydroxyl groups is 2. The van der Waals surface area contributed by atoms with Gasteiger partial charge in [-0.15, -0.1) is 0 Å². The highest BCUT2D eigenvalue weighted by Gasteiger charge is 2.78. The lowest BCUT2D eigenvalue weighted by molar-refractivity contribution is -0.188. The monoisotopic (exact) mass is 787 g/mol. The van der Waals surface area contributed by atoms with E-state index in [-0.39, 0.29) is 47.6 Å². The number of carbonyl (C=O) groups excluding carboxylic acids is 3. The summed E-state index contributed by atoms with van der Waals surface area (Å²) < 4.78 is 12.3. The molecule has 58 heavy (non-hydrogen) atoms. The average Bonchev–Trinajstić information content (AvgIpc) is 3.91. The summed E-state index contributed by atoms with van der Waals surface area (Å²) >= 11 is 0. The Labute approximate surface area is 343 Å². The second-order valence-electron chi connectivity index (χ2n) is 21.1. The lowest BCUT2D eigenvalue weighted by Crippen LogP contribution is -2.68. The Morgan fingerprint density at radius 1 is 0.810 bits per heavy atom. The molecule has 8 heteroatoms. The zero-order valence-electron chi connectivity index (χ0n) is 35.0. The molecule has 1 amide bonds. The maximum absolute atomic E-state index is 15.3. The van der Waals surface area contributed by atoms with Crippen LogP contribution in [-0.4, -0.2) is 75.9 Å². The fourth-order valence-corrected chi connectivity index (χ4v) is 14.7. The summed E-state index contributed by atoms with van der Waals surface area (Å²) in [6.45, 7) is 11.7. The molecule has 11 rings (SSSR count). The van der Waals surface area contributed by atoms with Crippen LogP contribution in [0.1, 0.15) is 116 Å². The second kappa shape index (κ2) is 12.5. The first-order valence-corrected chi connectivity index (χ1v) is 22.2. The third-order valence-corrected chi connectivity index (χ3v) is 18.8. The number of rotatable bonds is 8. The van der Waals surface area contributed by atoms with Crippen molar-refractivity contribution < 1.29 is 34.1 Å². The van der Waals surface area contributed by atoms with Crippen molar-refractivity contribution in [1.29, 1.82) is 0 Å². The van der Waals surface area contributed by atoms with Gasteiger partial charge in [0.05, 0.1) is 29.8 Å². The summed E-state index contributed by atoms with van der Waals surface area (Å²) in [4.78, 5) is 45.7. The van der Waals surface area contributed by atoms with Crippen molar-refractivity contribution in [3.8, 4) is 11.1 Å². The first-order valence-electron chi connectivity index (χ1n) is 22.2. The normalized spacial score (nSPS) is 44.0. The molecular formula is C50H61NO7. The highest BCUT2D eigenvalue weighted by atomic mass is 16.6. The SMILES string of the molecule is CC12CCC(C(=O)N(CC3CCCO3)CC3(O)CCC4C56C=CC7(C=C5C(=O)c5ccc(-c8ccccc8)cc5)CC(O)CCC7(C)C6CCC43C)(OC1=O)C2(C)C. The number of carbonyl (C=O) groups is 3. The fraction of sp³-hybridized carbons (Fsp3) is 0.620. The van der Waals surface area contributed by atoms with Crippen molar-refractivity contribution >= 4 is 17.7 Å². The Morgan fingerprint density at radius 3 is 2.17 bits per heavy atom. The average molecular weight is 788 g/mol. The van der Waals surface area contributed by atoms with Crippen molar-refractivity contribution in [2.75, 3.05) is 19.7 Å². The Kier molecular flexibility index (Phi) is 8.31. The number of ketones is 1. The van der Waals surface area contributed by atoms with Crippen LogP contribution in [0.15, 0.2) is 78.4 Å². The molecule has 11 atom stereocenters. The van der Waals surface area contributed by atoms with E-state index in [4.69, 9.17) is 9.47 Å². The topological polar surface area (TPSA) is 113 Å². The van der Waals surface area contributed by atoms with Gasteiger partial charge in [0, 0.05) is 45.9 Å². The van der Waals surface area contributed by atoms with Crippen LogP contribution in [0.25, 0.3) is 11.1 Å². The molecule has 2 spiro atoms. The van der Waals surface area contributed by atoms with Crippen LogP contribution in [-0.2, 0) is 19.1 Å². The van der Waals surface area contributed by atoms with E-state index in [2.05, 4.69) is 44.2 Å². The van der Waals surface area contributed by atoms with Gasteiger partial charge in [0.15, 0.2) is 11.4 Å². The molecule has 9 aliphatic rings. The highest BCUT2D eigenvalue weighted by molar-refractivity contribution is 6.10. The van der Waals surface area contributed by atoms with Crippen molar-refractivity contribution in [3.63, 3.8) is 0 Å². The Bertz CT molecular complexity index is 2120. The third-order valence-electron chi connectivity index (χ3n) is 18.8. The van der Waals surface area contributed by atoms with Crippen LogP contribution in [0.3, 0.4) is 0 Å². The maximum atomic E-state index is 15.3. The van der Waals surface area contributed by atoms with E-state index in [0.29, 0.717) is 50.8 Å². The molecule has 6 fully saturated rings. The van der Waals surface area contributed by atoms with Crippen LogP contribution in [0.5, 0.6) is 0 Å². The number of amides is 1. The summed E-state index contributed by atoms with van der Waals surface area (Å²) in [5.41, 5.74) is -2.23. The van der Waals surface area contributed by atoms with Gasteiger partial charge in [-0.05, 0) is 106 Å². The van der Waals surface area contributed by atoms with Crippen molar-refractivity contribution in [3.05, 3.63) is 84.0 Å². The number of nitrogens with zero attached hydrogens (tertiary/aromatic N) is 1. The van der Waals surface area contributed by atoms with Gasteiger partial charge in [0.25, 0.3) is 5.91 Å². The smallest absolute Gasteiger partial charge is 0.313 e. The van der Waals surface area contributed by atoms with Crippen molar-refractivity contribution in [1.82, 2.24) is 4.90 Å². The molecule has 2 N–H and O–H groups in total. The maximum Gasteiger partial charge on any atom is 0.313 e. The molecule has 8 nitrogen and oxygen atoms in total. The van der Waals surface area contributed by atoms with Gasteiger partial charge >= 0.3 is 5.97 Å². The van der Waals surface area contributed by atoms with E-state index in [9.17, 15) is 15.0 Å². The van der Waals surface area contributed by atoms with E-state index in [1.54, 1.807) is 0 Å². The molecule has 2 saturated heterocycles. The molecular weight excluding hydrogens is 727 g/mol. The van der Waals surface area contributed by atoms with Gasteiger partial charge in [0.1, 0.15) is 0 Å². The molecule has 7 aliphatic carbocycles. The number of benzene rings is 2. The summed E-state index contributed by atoms with van der Waals surface area (Å²) in [6, 6.07) is 18.2. The van der Waals surface area contributed by atoms with Crippen LogP contribution in [0, 0.1) is 44.3 Å². The number of hydrogen-bond donors (Lipinski definition) is 2. The molecule has 0 radical (unpaired) electrons. The highest BCUT2D eigenvalue weighted by Crippen LogP contribution is 2.78. The largest absolute Gasteiger partial charge is 0.448 e. The van der Waals surface area contributed by atoms with E-state index >= 15 is 9.59 Å². The summed E-state index contributed by atoms with van der Waals surface area (Å²) in [7, 11) is 0. The molecule has 4 bridgehead atoms. The zero-order chi connectivity index (χ0) is 40.7. The molecule has 2 heterocycles. The van der Waals surface area contributed by atoms with Crippen LogP contribution < -0.4 is 0 Å². The molecule has 11 unspecified atom stereocenters. The van der Waals surface area contributed by atoms with Crippen molar-refractivity contribution in [2.45, 2.75) is 129 Å². The number of Topliss-reactive ketones (excluding diaryl/α,β-unsaturated/α-hetero) is 1. The lowest BCUT2D eigenvalue weighted by atomic mass is 9.32. The Morgan fingerprint density at radius 2 is 1.50 bits per heavy atom. The number of allylic oxidation sites excluding steroid dienone is 4. The molecule has 308 valence electrons. The standard InChI is InChI=1S/C50H61NO7/c1-43(2)46(5)23-26-50(43,58-42(46)55)41(54)51(30-36-12-9-27-57-36)31-48(56)22-19-39-45(48,4)21-18-38-44(3)20-17-35(52)28-47(44)24-25-49(38,39)37(29-47)40(53)34-15-13-33(14-16-34)32-10-7-6-8-11-32/h6-8,10-11,13-16,24-25,29,35-36,38-39,52,56H,9,12,17-23,26-28,30-31H2,1-5H3. The van der Waals surface area contributed by atoms with Crippen LogP contribution in [0.4, 0.5) is 0 Å². The number of fused-ring (bicyclic) bond motifs is 3. The van der Waals surface area contributed by atoms with Gasteiger partial charge in [-0.2, -0.15) is 0 Å². The second-order valence-corrected chi connectivity index (χ2v) is 21.1. The number of esters is 1. The lowest BCUT2D eigenvalue weighted by Gasteiger charge is -2.71. The summed E-state index contributed by atoms with van der Waals surface area (Å²) in [5.74, 6) is -0.395. The molecule has 2 aromatic carbocycles. The quantitative estimate of drug-likeness (QED) is 0.157. The number of aliphatic hydroxyl groups excluding tert-OH is 1. The van der Waals surface area contributed by atoms with Crippen molar-refractivity contribution in [2.24, 2.45) is 44.3 Å². The van der Waals surface area contributed by atoms with Crippen LogP contribution >= 0.6 is 0 Å². The van der Waals surface area contributed by atoms with E-state index in [1.165, 1.54) is 0 Å². The van der Waals surface area contributed by atoms with E-state index in [1.807, 2.05) is 68.1 Å². The Hall–Kier alpha value is -3.59. The van der Waals surface area contributed by atoms with E-state index in [0.717, 1.165) is 55.2 Å². The number of hydrogen-bond acceptors (Lipinski definition) is 7. The van der Waals surface area contributed by atoms with Gasteiger partial charge < -0.3 is 24.6 Å². The van der Waals surface area contributed by atoms with Gasteiger partial charge in [-0.3, -0.25) is 14.4 Å². The minimum absolute atomic E-state index is 0.0268. The molecule has 2 aromatic rings. The first-order chi connectivity index (χ1) is 27.5. The van der Waals surface area contributed by atoms with Gasteiger partial charge in [-0.25, -0.2) is 0 Å². The predicted octanol–water partition coefficient (Wildman–Crippen LogP) is 8.26. The molecule has 2 aliphatic heterocycles. The van der Waals surface area contributed by atoms with Crippen LogP contribution in [0.2, 0.25) is 0 Å². The van der Waals surface area contributed by atoms with E-state index < -0.39 is 44.4 Å². The predicted molar refractivity (Wildman–Crippen MR) is 220 cm³/mol. The molecule has 0 aromatic heterocycles. The fourth-order valence-electron chi connectivity index (χ4n) is 14.7. The summed E-state index contributed by atoms with van der Waals surface area (Å²) in [5, 5.41) is 24.6. The minimum Gasteiger partial charge on any atom is -0.448 e. The summed E-state index contributed by atoms with van der Waals surface area (Å²) in [6.07, 6.45) is 14.2. The number of ether oxygens (including phenoxy) is 2.